The Kier molecular flexibility index (Phi) is 6.99. The molecule has 0 aliphatic carbocycles. The highest BCUT2D eigenvalue weighted by molar-refractivity contribution is 5.21. The van der Waals surface area contributed by atoms with E-state index in [1.165, 1.54) is 12.1 Å². The summed E-state index contributed by atoms with van der Waals surface area (Å²) in [4.78, 5) is 2.27. The fourth-order valence-electron chi connectivity index (χ4n) is 2.33. The van der Waals surface area contributed by atoms with E-state index in [9.17, 15) is 4.39 Å². The van der Waals surface area contributed by atoms with E-state index in [0.29, 0.717) is 6.61 Å². The van der Waals surface area contributed by atoms with Crippen LogP contribution in [-0.2, 0) is 4.74 Å². The van der Waals surface area contributed by atoms with E-state index >= 15 is 0 Å². The molecule has 4 heteroatoms. The molecule has 0 radical (unpaired) electrons. The molecule has 2 unspecified atom stereocenters. The van der Waals surface area contributed by atoms with Crippen molar-refractivity contribution in [3.63, 3.8) is 0 Å². The maximum atomic E-state index is 13.0. The van der Waals surface area contributed by atoms with Gasteiger partial charge in [0, 0.05) is 25.2 Å². The first kappa shape index (κ1) is 16.1. The van der Waals surface area contributed by atoms with Crippen molar-refractivity contribution in [3.8, 4) is 0 Å². The minimum atomic E-state index is -0.218. The molecule has 0 aliphatic rings. The third kappa shape index (κ3) is 4.90. The summed E-state index contributed by atoms with van der Waals surface area (Å²) in [5.74, 6) is -0.218. The Labute approximate surface area is 115 Å². The summed E-state index contributed by atoms with van der Waals surface area (Å²) < 4.78 is 18.4. The minimum Gasteiger partial charge on any atom is -0.380 e. The highest BCUT2D eigenvalue weighted by Crippen LogP contribution is 2.23. The van der Waals surface area contributed by atoms with Gasteiger partial charge in [0.05, 0.1) is 6.61 Å². The number of ether oxygens (including phenoxy) is 1. The average molecular weight is 268 g/mol. The smallest absolute Gasteiger partial charge is 0.123 e. The average Bonchev–Trinajstić information content (AvgIpc) is 2.39. The molecule has 0 saturated carbocycles. The van der Waals surface area contributed by atoms with Crippen LogP contribution in [0.15, 0.2) is 24.3 Å². The summed E-state index contributed by atoms with van der Waals surface area (Å²) >= 11 is 0. The Morgan fingerprint density at radius 2 is 1.89 bits per heavy atom. The lowest BCUT2D eigenvalue weighted by atomic mass is 9.99. The molecule has 0 spiro atoms. The van der Waals surface area contributed by atoms with E-state index in [4.69, 9.17) is 10.5 Å². The van der Waals surface area contributed by atoms with Crippen LogP contribution in [0.2, 0.25) is 0 Å². The standard InChI is InChI=1S/C15H25FN2O/c1-4-18(10-11-19-5-2)15(12(3)17)13-6-8-14(16)9-7-13/h6-9,12,15H,4-5,10-11,17H2,1-3H3. The first-order chi connectivity index (χ1) is 9.10. The molecular formula is C15H25FN2O. The number of nitrogens with zero attached hydrogens (tertiary/aromatic N) is 1. The second kappa shape index (κ2) is 8.25. The lowest BCUT2D eigenvalue weighted by Crippen LogP contribution is -2.41. The van der Waals surface area contributed by atoms with Crippen LogP contribution in [0.1, 0.15) is 32.4 Å². The number of halogens is 1. The van der Waals surface area contributed by atoms with Crippen LogP contribution in [0, 0.1) is 5.82 Å². The molecule has 3 nitrogen and oxygen atoms in total. The Balaban J connectivity index is 2.82. The first-order valence-electron chi connectivity index (χ1n) is 6.93. The van der Waals surface area contributed by atoms with Crippen molar-refractivity contribution in [1.29, 1.82) is 0 Å². The van der Waals surface area contributed by atoms with Crippen LogP contribution in [0.25, 0.3) is 0 Å². The van der Waals surface area contributed by atoms with Crippen LogP contribution in [0.4, 0.5) is 4.39 Å². The van der Waals surface area contributed by atoms with Gasteiger partial charge in [-0.25, -0.2) is 4.39 Å². The van der Waals surface area contributed by atoms with Gasteiger partial charge in [-0.15, -0.1) is 0 Å². The van der Waals surface area contributed by atoms with Crippen LogP contribution in [-0.4, -0.2) is 37.2 Å². The second-order valence-electron chi connectivity index (χ2n) is 4.68. The lowest BCUT2D eigenvalue weighted by Gasteiger charge is -2.33. The van der Waals surface area contributed by atoms with Crippen molar-refractivity contribution >= 4 is 0 Å². The number of hydrogen-bond donors (Lipinski definition) is 1. The molecule has 1 aromatic rings. The molecule has 1 aromatic carbocycles. The SMILES string of the molecule is CCOCCN(CC)C(c1ccc(F)cc1)C(C)N. The molecule has 0 aliphatic heterocycles. The summed E-state index contributed by atoms with van der Waals surface area (Å²) in [6.07, 6.45) is 0. The molecule has 0 amide bonds. The van der Waals surface area contributed by atoms with Gasteiger partial charge in [0.1, 0.15) is 5.82 Å². The van der Waals surface area contributed by atoms with Gasteiger partial charge in [0.15, 0.2) is 0 Å². The van der Waals surface area contributed by atoms with E-state index in [2.05, 4.69) is 11.8 Å². The first-order valence-corrected chi connectivity index (χ1v) is 6.93. The number of nitrogens with two attached hydrogens (primary N) is 1. The van der Waals surface area contributed by atoms with Gasteiger partial charge in [-0.1, -0.05) is 19.1 Å². The summed E-state index contributed by atoms with van der Waals surface area (Å²) in [5.41, 5.74) is 7.16. The second-order valence-corrected chi connectivity index (χ2v) is 4.68. The van der Waals surface area contributed by atoms with Gasteiger partial charge in [0.25, 0.3) is 0 Å². The van der Waals surface area contributed by atoms with Gasteiger partial charge in [-0.05, 0) is 38.1 Å². The van der Waals surface area contributed by atoms with Crippen molar-refractivity contribution in [2.24, 2.45) is 5.73 Å². The van der Waals surface area contributed by atoms with Gasteiger partial charge in [0.2, 0.25) is 0 Å². The summed E-state index contributed by atoms with van der Waals surface area (Å²) in [5, 5.41) is 0. The molecule has 2 N–H and O–H groups in total. The summed E-state index contributed by atoms with van der Waals surface area (Å²) in [6.45, 7) is 9.19. The zero-order valence-corrected chi connectivity index (χ0v) is 12.1. The summed E-state index contributed by atoms with van der Waals surface area (Å²) in [6, 6.07) is 6.67. The van der Waals surface area contributed by atoms with Gasteiger partial charge >= 0.3 is 0 Å². The number of rotatable bonds is 8. The third-order valence-corrected chi connectivity index (χ3v) is 3.24. The molecule has 0 bridgehead atoms. The lowest BCUT2D eigenvalue weighted by molar-refractivity contribution is 0.0909. The third-order valence-electron chi connectivity index (χ3n) is 3.24. The fraction of sp³-hybridized carbons (Fsp3) is 0.600. The molecular weight excluding hydrogens is 243 g/mol. The van der Waals surface area contributed by atoms with Gasteiger partial charge in [-0.3, -0.25) is 4.90 Å². The number of likely N-dealkylation sites (N-methyl/N-ethyl adjacent to an activating group) is 1. The van der Waals surface area contributed by atoms with E-state index in [-0.39, 0.29) is 17.9 Å². The molecule has 108 valence electrons. The van der Waals surface area contributed by atoms with E-state index < -0.39 is 0 Å². The van der Waals surface area contributed by atoms with Crippen LogP contribution >= 0.6 is 0 Å². The van der Waals surface area contributed by atoms with Crippen LogP contribution < -0.4 is 5.73 Å². The molecule has 19 heavy (non-hydrogen) atoms. The monoisotopic (exact) mass is 268 g/mol. The van der Waals surface area contributed by atoms with Gasteiger partial charge < -0.3 is 10.5 Å². The Morgan fingerprint density at radius 1 is 1.26 bits per heavy atom. The van der Waals surface area contributed by atoms with Crippen molar-refractivity contribution < 1.29 is 9.13 Å². The van der Waals surface area contributed by atoms with Crippen molar-refractivity contribution in [1.82, 2.24) is 4.90 Å². The maximum absolute atomic E-state index is 13.0. The zero-order valence-electron chi connectivity index (χ0n) is 12.1. The molecule has 0 saturated heterocycles. The molecule has 0 fully saturated rings. The molecule has 1 rings (SSSR count). The molecule has 0 aromatic heterocycles. The minimum absolute atomic E-state index is 0.0213. The van der Waals surface area contributed by atoms with Crippen LogP contribution in [0.5, 0.6) is 0 Å². The Bertz CT molecular complexity index is 354. The quantitative estimate of drug-likeness (QED) is 0.736. The molecule has 2 atom stereocenters. The Morgan fingerprint density at radius 3 is 2.37 bits per heavy atom. The van der Waals surface area contributed by atoms with Crippen molar-refractivity contribution in [3.05, 3.63) is 35.6 Å². The summed E-state index contributed by atoms with van der Waals surface area (Å²) in [7, 11) is 0. The predicted molar refractivity (Wildman–Crippen MR) is 76.5 cm³/mol. The van der Waals surface area contributed by atoms with E-state index in [1.54, 1.807) is 0 Å². The largest absolute Gasteiger partial charge is 0.380 e. The van der Waals surface area contributed by atoms with Crippen LogP contribution in [0.3, 0.4) is 0 Å². The topological polar surface area (TPSA) is 38.5 Å². The zero-order chi connectivity index (χ0) is 14.3. The van der Waals surface area contributed by atoms with E-state index in [1.807, 2.05) is 26.0 Å². The highest BCUT2D eigenvalue weighted by Gasteiger charge is 2.22. The Hall–Kier alpha value is -0.970. The van der Waals surface area contributed by atoms with Crippen molar-refractivity contribution in [2.45, 2.75) is 32.9 Å². The van der Waals surface area contributed by atoms with Crippen molar-refractivity contribution in [2.75, 3.05) is 26.3 Å². The maximum Gasteiger partial charge on any atom is 0.123 e. The van der Waals surface area contributed by atoms with Gasteiger partial charge in [-0.2, -0.15) is 0 Å². The van der Waals surface area contributed by atoms with E-state index in [0.717, 1.165) is 25.3 Å². The normalized spacial score (nSPS) is 14.6. The fourth-order valence-corrected chi connectivity index (χ4v) is 2.33. The molecule has 0 heterocycles. The highest BCUT2D eigenvalue weighted by atomic mass is 19.1. The number of benzene rings is 1. The predicted octanol–water partition coefficient (Wildman–Crippen LogP) is 2.57. The number of hydrogen-bond acceptors (Lipinski definition) is 3.